The molecule has 0 bridgehead atoms. The summed E-state index contributed by atoms with van der Waals surface area (Å²) in [6, 6.07) is 18.2. The number of hydrogen-bond acceptors (Lipinski definition) is 4. The second-order valence-corrected chi connectivity index (χ2v) is 8.25. The lowest BCUT2D eigenvalue weighted by Crippen LogP contribution is -2.39. The van der Waals surface area contributed by atoms with E-state index in [9.17, 15) is 4.79 Å². The standard InChI is InChI=1S/C22H23N3OS/c1-16-9-11-18(12-10-16)22(26)25-13-5-8-19(15-25)21-24-23-20(27-21)14-17-6-3-2-4-7-17/h2-4,6-7,9-12,19H,5,8,13-15H2,1H3. The van der Waals surface area contributed by atoms with Crippen LogP contribution in [-0.2, 0) is 6.42 Å². The Morgan fingerprint density at radius 2 is 1.89 bits per heavy atom. The summed E-state index contributed by atoms with van der Waals surface area (Å²) in [5, 5.41) is 10.9. The topological polar surface area (TPSA) is 46.1 Å². The van der Waals surface area contributed by atoms with Crippen LogP contribution >= 0.6 is 11.3 Å². The van der Waals surface area contributed by atoms with Crippen molar-refractivity contribution in [2.24, 2.45) is 0 Å². The average Bonchev–Trinajstić information content (AvgIpc) is 3.17. The predicted octanol–water partition coefficient (Wildman–Crippen LogP) is 4.46. The molecule has 1 aliphatic rings. The van der Waals surface area contributed by atoms with Gasteiger partial charge < -0.3 is 4.90 Å². The fraction of sp³-hybridized carbons (Fsp3) is 0.318. The maximum Gasteiger partial charge on any atom is 0.253 e. The Hall–Kier alpha value is -2.53. The van der Waals surface area contributed by atoms with E-state index >= 15 is 0 Å². The van der Waals surface area contributed by atoms with E-state index in [1.165, 1.54) is 11.1 Å². The van der Waals surface area contributed by atoms with Gasteiger partial charge in [0.15, 0.2) is 0 Å². The van der Waals surface area contributed by atoms with Crippen LogP contribution in [0.4, 0.5) is 0 Å². The van der Waals surface area contributed by atoms with Gasteiger partial charge in [0.05, 0.1) is 0 Å². The molecule has 4 rings (SSSR count). The minimum absolute atomic E-state index is 0.119. The number of piperidine rings is 1. The lowest BCUT2D eigenvalue weighted by molar-refractivity contribution is 0.0707. The van der Waals surface area contributed by atoms with Gasteiger partial charge in [-0.3, -0.25) is 4.79 Å². The van der Waals surface area contributed by atoms with Crippen LogP contribution < -0.4 is 0 Å². The molecular formula is C22H23N3OS. The number of amides is 1. The molecule has 2 aromatic carbocycles. The number of nitrogens with zero attached hydrogens (tertiary/aromatic N) is 3. The number of benzene rings is 2. The van der Waals surface area contributed by atoms with E-state index in [2.05, 4.69) is 22.3 Å². The highest BCUT2D eigenvalue weighted by Crippen LogP contribution is 2.30. The van der Waals surface area contributed by atoms with Crippen molar-refractivity contribution >= 4 is 17.2 Å². The van der Waals surface area contributed by atoms with Gasteiger partial charge >= 0.3 is 0 Å². The summed E-state index contributed by atoms with van der Waals surface area (Å²) in [6.45, 7) is 3.58. The van der Waals surface area contributed by atoms with Crippen LogP contribution in [0, 0.1) is 6.92 Å². The second-order valence-electron chi connectivity index (χ2n) is 7.15. The van der Waals surface area contributed by atoms with Crippen LogP contribution in [-0.4, -0.2) is 34.1 Å². The molecule has 5 heteroatoms. The van der Waals surface area contributed by atoms with Crippen molar-refractivity contribution in [3.05, 3.63) is 81.3 Å². The summed E-state index contributed by atoms with van der Waals surface area (Å²) in [5.74, 6) is 0.406. The fourth-order valence-corrected chi connectivity index (χ4v) is 4.52. The van der Waals surface area contributed by atoms with Crippen molar-refractivity contribution in [2.45, 2.75) is 32.1 Å². The van der Waals surface area contributed by atoms with Crippen LogP contribution in [0.5, 0.6) is 0 Å². The summed E-state index contributed by atoms with van der Waals surface area (Å²) in [7, 11) is 0. The number of carbonyl (C=O) groups is 1. The summed E-state index contributed by atoms with van der Waals surface area (Å²) in [5.41, 5.74) is 3.19. The van der Waals surface area contributed by atoms with E-state index < -0.39 is 0 Å². The Kier molecular flexibility index (Phi) is 5.30. The van der Waals surface area contributed by atoms with Crippen molar-refractivity contribution in [3.63, 3.8) is 0 Å². The van der Waals surface area contributed by atoms with Crippen molar-refractivity contribution < 1.29 is 4.79 Å². The third kappa shape index (κ3) is 4.25. The first-order chi connectivity index (χ1) is 13.2. The lowest BCUT2D eigenvalue weighted by atomic mass is 9.98. The van der Waals surface area contributed by atoms with E-state index in [1.54, 1.807) is 11.3 Å². The molecule has 27 heavy (non-hydrogen) atoms. The number of aromatic nitrogens is 2. The fourth-order valence-electron chi connectivity index (χ4n) is 3.52. The van der Waals surface area contributed by atoms with Crippen LogP contribution in [0.3, 0.4) is 0 Å². The molecule has 1 fully saturated rings. The van der Waals surface area contributed by atoms with Crippen molar-refractivity contribution in [2.75, 3.05) is 13.1 Å². The van der Waals surface area contributed by atoms with Crippen molar-refractivity contribution in [1.82, 2.24) is 15.1 Å². The molecule has 1 saturated heterocycles. The van der Waals surface area contributed by atoms with Gasteiger partial charge in [-0.2, -0.15) is 0 Å². The Bertz CT molecular complexity index is 905. The SMILES string of the molecule is Cc1ccc(C(=O)N2CCCC(c3nnc(Cc4ccccc4)s3)C2)cc1. The zero-order chi connectivity index (χ0) is 18.6. The average molecular weight is 378 g/mol. The number of hydrogen-bond donors (Lipinski definition) is 0. The molecule has 0 aliphatic carbocycles. The van der Waals surface area contributed by atoms with Gasteiger partial charge in [0.2, 0.25) is 0 Å². The normalized spacial score (nSPS) is 17.1. The van der Waals surface area contributed by atoms with Crippen molar-refractivity contribution in [1.29, 1.82) is 0 Å². The van der Waals surface area contributed by atoms with Gasteiger partial charge in [0.25, 0.3) is 5.91 Å². The minimum Gasteiger partial charge on any atom is -0.338 e. The molecule has 0 spiro atoms. The van der Waals surface area contributed by atoms with E-state index in [-0.39, 0.29) is 11.8 Å². The minimum atomic E-state index is 0.119. The second kappa shape index (κ2) is 8.01. The molecular weight excluding hydrogens is 354 g/mol. The van der Waals surface area contributed by atoms with E-state index in [0.717, 1.165) is 47.9 Å². The molecule has 2 heterocycles. The first-order valence-corrected chi connectivity index (χ1v) is 10.2. The van der Waals surface area contributed by atoms with Gasteiger partial charge in [0, 0.05) is 31.0 Å². The van der Waals surface area contributed by atoms with E-state index in [1.807, 2.05) is 54.3 Å². The highest BCUT2D eigenvalue weighted by atomic mass is 32.1. The molecule has 3 aromatic rings. The maximum absolute atomic E-state index is 12.8. The zero-order valence-corrected chi connectivity index (χ0v) is 16.3. The van der Waals surface area contributed by atoms with Crippen LogP contribution in [0.25, 0.3) is 0 Å². The van der Waals surface area contributed by atoms with Crippen LogP contribution in [0.15, 0.2) is 54.6 Å². The molecule has 0 N–H and O–H groups in total. The van der Waals surface area contributed by atoms with Gasteiger partial charge in [-0.1, -0.05) is 48.0 Å². The monoisotopic (exact) mass is 377 g/mol. The number of carbonyl (C=O) groups excluding carboxylic acids is 1. The number of likely N-dealkylation sites (tertiary alicyclic amines) is 1. The lowest BCUT2D eigenvalue weighted by Gasteiger charge is -2.31. The molecule has 1 unspecified atom stereocenters. The predicted molar refractivity (Wildman–Crippen MR) is 108 cm³/mol. The van der Waals surface area contributed by atoms with Gasteiger partial charge in [-0.25, -0.2) is 0 Å². The first kappa shape index (κ1) is 17.9. The van der Waals surface area contributed by atoms with Gasteiger partial charge in [-0.15, -0.1) is 21.5 Å². The Labute approximate surface area is 163 Å². The Morgan fingerprint density at radius 1 is 1.11 bits per heavy atom. The molecule has 0 saturated carbocycles. The summed E-state index contributed by atoms with van der Waals surface area (Å²) < 4.78 is 0. The molecule has 1 amide bonds. The molecule has 1 atom stereocenters. The zero-order valence-electron chi connectivity index (χ0n) is 15.5. The maximum atomic E-state index is 12.8. The number of aryl methyl sites for hydroxylation is 1. The molecule has 4 nitrogen and oxygen atoms in total. The molecule has 0 radical (unpaired) electrons. The summed E-state index contributed by atoms with van der Waals surface area (Å²) in [4.78, 5) is 14.8. The van der Waals surface area contributed by atoms with Gasteiger partial charge in [0.1, 0.15) is 10.0 Å². The van der Waals surface area contributed by atoms with E-state index in [4.69, 9.17) is 0 Å². The van der Waals surface area contributed by atoms with Crippen molar-refractivity contribution in [3.8, 4) is 0 Å². The first-order valence-electron chi connectivity index (χ1n) is 9.41. The Balaban J connectivity index is 1.44. The molecule has 1 aromatic heterocycles. The highest BCUT2D eigenvalue weighted by molar-refractivity contribution is 7.11. The molecule has 138 valence electrons. The van der Waals surface area contributed by atoms with E-state index in [0.29, 0.717) is 0 Å². The molecule has 1 aliphatic heterocycles. The third-order valence-corrected chi connectivity index (χ3v) is 6.12. The van der Waals surface area contributed by atoms with Gasteiger partial charge in [-0.05, 0) is 37.5 Å². The smallest absolute Gasteiger partial charge is 0.253 e. The highest BCUT2D eigenvalue weighted by Gasteiger charge is 2.27. The largest absolute Gasteiger partial charge is 0.338 e. The third-order valence-electron chi connectivity index (χ3n) is 5.04. The summed E-state index contributed by atoms with van der Waals surface area (Å²) >= 11 is 1.69. The number of rotatable bonds is 4. The van der Waals surface area contributed by atoms with Crippen LogP contribution in [0.2, 0.25) is 0 Å². The quantitative estimate of drug-likeness (QED) is 0.674. The summed E-state index contributed by atoms with van der Waals surface area (Å²) in [6.07, 6.45) is 2.89. The van der Waals surface area contributed by atoms with Crippen LogP contribution in [0.1, 0.15) is 50.3 Å². The Morgan fingerprint density at radius 3 is 2.67 bits per heavy atom.